The molecule has 0 bridgehead atoms. The highest BCUT2D eigenvalue weighted by molar-refractivity contribution is 9.10. The van der Waals surface area contributed by atoms with Crippen LogP contribution < -0.4 is 5.32 Å². The molecule has 0 aliphatic heterocycles. The average molecular weight is 316 g/mol. The third-order valence-corrected chi connectivity index (χ3v) is 4.85. The minimum atomic E-state index is 0.217. The van der Waals surface area contributed by atoms with E-state index in [4.69, 9.17) is 0 Å². The summed E-state index contributed by atoms with van der Waals surface area (Å²) in [7, 11) is 0. The first-order valence-corrected chi connectivity index (χ1v) is 7.79. The van der Waals surface area contributed by atoms with Crippen molar-refractivity contribution in [2.24, 2.45) is 0 Å². The van der Waals surface area contributed by atoms with Crippen LogP contribution in [-0.4, -0.2) is 15.3 Å². The van der Waals surface area contributed by atoms with Crippen LogP contribution in [0, 0.1) is 0 Å². The van der Waals surface area contributed by atoms with Gasteiger partial charge >= 0.3 is 0 Å². The van der Waals surface area contributed by atoms with Crippen molar-refractivity contribution in [3.8, 4) is 0 Å². The number of aromatic nitrogens is 2. The number of hydrogen-bond donors (Lipinski definition) is 1. The van der Waals surface area contributed by atoms with Crippen LogP contribution in [0.1, 0.15) is 58.8 Å². The fraction of sp³-hybridized carbons (Fsp3) is 0.786. The van der Waals surface area contributed by atoms with Gasteiger partial charge in [-0.05, 0) is 49.0 Å². The van der Waals surface area contributed by atoms with Crippen molar-refractivity contribution in [2.45, 2.75) is 72.5 Å². The smallest absolute Gasteiger partial charge is 0.0767 e. The van der Waals surface area contributed by atoms with Crippen molar-refractivity contribution in [3.05, 3.63) is 15.9 Å². The maximum atomic E-state index is 4.63. The van der Waals surface area contributed by atoms with Gasteiger partial charge in [-0.2, -0.15) is 5.10 Å². The van der Waals surface area contributed by atoms with E-state index in [1.807, 2.05) is 0 Å². The molecule has 1 rings (SSSR count). The van der Waals surface area contributed by atoms with Crippen LogP contribution >= 0.6 is 15.9 Å². The van der Waals surface area contributed by atoms with Crippen molar-refractivity contribution in [1.29, 1.82) is 0 Å². The predicted molar refractivity (Wildman–Crippen MR) is 80.8 cm³/mol. The van der Waals surface area contributed by atoms with Crippen LogP contribution in [-0.2, 0) is 19.5 Å². The largest absolute Gasteiger partial charge is 0.306 e. The summed E-state index contributed by atoms with van der Waals surface area (Å²) in [6, 6.07) is 0. The van der Waals surface area contributed by atoms with Gasteiger partial charge in [0.15, 0.2) is 0 Å². The molecule has 1 N–H and O–H groups in total. The molecule has 18 heavy (non-hydrogen) atoms. The van der Waals surface area contributed by atoms with Gasteiger partial charge in [0.2, 0.25) is 0 Å². The van der Waals surface area contributed by atoms with Crippen molar-refractivity contribution in [1.82, 2.24) is 15.1 Å². The summed E-state index contributed by atoms with van der Waals surface area (Å²) in [5.74, 6) is 0. The number of halogens is 1. The normalized spacial score (nSPS) is 12.1. The molecule has 0 saturated heterocycles. The summed E-state index contributed by atoms with van der Waals surface area (Å²) in [6.45, 7) is 12.8. The summed E-state index contributed by atoms with van der Waals surface area (Å²) < 4.78 is 3.27. The molecule has 1 aromatic rings. The summed E-state index contributed by atoms with van der Waals surface area (Å²) >= 11 is 3.69. The lowest BCUT2D eigenvalue weighted by atomic mass is 9.95. The fourth-order valence-corrected chi connectivity index (χ4v) is 2.69. The zero-order valence-corrected chi connectivity index (χ0v) is 13.9. The number of aryl methyl sites for hydroxylation is 2. The summed E-state index contributed by atoms with van der Waals surface area (Å²) in [5.41, 5.74) is 2.64. The van der Waals surface area contributed by atoms with Crippen LogP contribution in [0.15, 0.2) is 4.47 Å². The van der Waals surface area contributed by atoms with Gasteiger partial charge in [-0.3, -0.25) is 4.68 Å². The second-order valence-corrected chi connectivity index (χ2v) is 5.79. The van der Waals surface area contributed by atoms with Gasteiger partial charge in [0.25, 0.3) is 0 Å². The Morgan fingerprint density at radius 2 is 1.83 bits per heavy atom. The lowest BCUT2D eigenvalue weighted by Crippen LogP contribution is -2.41. The van der Waals surface area contributed by atoms with Crippen LogP contribution in [0.3, 0.4) is 0 Å². The topological polar surface area (TPSA) is 29.9 Å². The third kappa shape index (κ3) is 3.35. The van der Waals surface area contributed by atoms with E-state index in [1.54, 1.807) is 0 Å². The lowest BCUT2D eigenvalue weighted by molar-refractivity contribution is 0.324. The first kappa shape index (κ1) is 15.7. The Morgan fingerprint density at radius 1 is 1.22 bits per heavy atom. The van der Waals surface area contributed by atoms with Crippen molar-refractivity contribution >= 4 is 15.9 Å². The van der Waals surface area contributed by atoms with Gasteiger partial charge in [0.1, 0.15) is 0 Å². The second kappa shape index (κ2) is 6.71. The molecule has 1 aromatic heterocycles. The molecule has 0 aliphatic rings. The van der Waals surface area contributed by atoms with Gasteiger partial charge in [-0.25, -0.2) is 0 Å². The molecule has 1 heterocycles. The highest BCUT2D eigenvalue weighted by Crippen LogP contribution is 2.23. The number of nitrogens with zero attached hydrogens (tertiary/aromatic N) is 2. The highest BCUT2D eigenvalue weighted by atomic mass is 79.9. The van der Waals surface area contributed by atoms with Crippen molar-refractivity contribution < 1.29 is 0 Å². The van der Waals surface area contributed by atoms with Gasteiger partial charge < -0.3 is 5.32 Å². The Morgan fingerprint density at radius 3 is 2.28 bits per heavy atom. The Hall–Kier alpha value is -0.350. The summed E-state index contributed by atoms with van der Waals surface area (Å²) in [4.78, 5) is 0. The molecular formula is C14H26BrN3. The molecule has 0 atom stereocenters. The van der Waals surface area contributed by atoms with E-state index in [0.717, 1.165) is 38.0 Å². The van der Waals surface area contributed by atoms with E-state index in [0.29, 0.717) is 0 Å². The Bertz CT molecular complexity index is 381. The van der Waals surface area contributed by atoms with Gasteiger partial charge in [0.05, 0.1) is 15.9 Å². The molecule has 0 aliphatic carbocycles. The summed E-state index contributed by atoms with van der Waals surface area (Å²) in [6.07, 6.45) is 3.25. The third-order valence-electron chi connectivity index (χ3n) is 3.94. The van der Waals surface area contributed by atoms with E-state index in [9.17, 15) is 0 Å². The minimum absolute atomic E-state index is 0.217. The van der Waals surface area contributed by atoms with Crippen LogP contribution in [0.5, 0.6) is 0 Å². The maximum Gasteiger partial charge on any atom is 0.0767 e. The zero-order chi connectivity index (χ0) is 13.8. The molecule has 0 spiro atoms. The number of nitrogens with one attached hydrogen (secondary N) is 1. The zero-order valence-electron chi connectivity index (χ0n) is 12.3. The summed E-state index contributed by atoms with van der Waals surface area (Å²) in [5, 5.41) is 8.30. The van der Waals surface area contributed by atoms with E-state index in [1.165, 1.54) is 10.2 Å². The molecule has 0 saturated carbocycles. The molecule has 0 fully saturated rings. The van der Waals surface area contributed by atoms with E-state index >= 15 is 0 Å². The van der Waals surface area contributed by atoms with Gasteiger partial charge in [-0.1, -0.05) is 20.8 Å². The van der Waals surface area contributed by atoms with E-state index in [2.05, 4.69) is 65.6 Å². The number of rotatable bonds is 7. The van der Waals surface area contributed by atoms with Crippen LogP contribution in [0.4, 0.5) is 0 Å². The minimum Gasteiger partial charge on any atom is -0.306 e. The Balaban J connectivity index is 2.87. The first-order chi connectivity index (χ1) is 8.51. The van der Waals surface area contributed by atoms with Crippen molar-refractivity contribution in [3.63, 3.8) is 0 Å². The molecule has 3 nitrogen and oxygen atoms in total. The standard InChI is InChI=1S/C14H26BrN3/c1-6-11-13(15)12(18(9-4)17-11)10-16-14(5,7-2)8-3/h16H,6-10H2,1-5H3. The molecular weight excluding hydrogens is 290 g/mol. The molecule has 0 unspecified atom stereocenters. The van der Waals surface area contributed by atoms with Crippen LogP contribution in [0.25, 0.3) is 0 Å². The monoisotopic (exact) mass is 315 g/mol. The highest BCUT2D eigenvalue weighted by Gasteiger charge is 2.21. The Kier molecular flexibility index (Phi) is 5.86. The number of hydrogen-bond acceptors (Lipinski definition) is 2. The molecule has 0 amide bonds. The molecule has 0 radical (unpaired) electrons. The fourth-order valence-electron chi connectivity index (χ4n) is 1.98. The van der Waals surface area contributed by atoms with E-state index in [-0.39, 0.29) is 5.54 Å². The Labute approximate surface area is 119 Å². The second-order valence-electron chi connectivity index (χ2n) is 5.00. The molecule has 0 aromatic carbocycles. The van der Waals surface area contributed by atoms with Gasteiger partial charge in [0, 0.05) is 18.6 Å². The van der Waals surface area contributed by atoms with Crippen molar-refractivity contribution in [2.75, 3.05) is 0 Å². The predicted octanol–water partition coefficient (Wildman–Crippen LogP) is 3.90. The van der Waals surface area contributed by atoms with E-state index < -0.39 is 0 Å². The average Bonchev–Trinajstić information content (AvgIpc) is 2.72. The van der Waals surface area contributed by atoms with Gasteiger partial charge in [-0.15, -0.1) is 0 Å². The van der Waals surface area contributed by atoms with Crippen LogP contribution in [0.2, 0.25) is 0 Å². The maximum absolute atomic E-state index is 4.63. The quantitative estimate of drug-likeness (QED) is 0.827. The molecule has 104 valence electrons. The SMILES string of the molecule is CCc1nn(CC)c(CNC(C)(CC)CC)c1Br. The first-order valence-electron chi connectivity index (χ1n) is 7.00. The molecule has 4 heteroatoms. The lowest BCUT2D eigenvalue weighted by Gasteiger charge is -2.28.